The van der Waals surface area contributed by atoms with Crippen molar-refractivity contribution in [2.45, 2.75) is 6.92 Å². The summed E-state index contributed by atoms with van der Waals surface area (Å²) < 4.78 is 23.4. The first kappa shape index (κ1) is 13.8. The molecule has 1 aromatic heterocycles. The molecule has 0 saturated carbocycles. The van der Waals surface area contributed by atoms with Crippen molar-refractivity contribution in [2.24, 2.45) is 5.14 Å². The minimum Gasteiger partial charge on any atom is -0.225 e. The zero-order valence-corrected chi connectivity index (χ0v) is 11.7. The average Bonchev–Trinajstić information content (AvgIpc) is 2.63. The highest BCUT2D eigenvalue weighted by atomic mass is 35.5. The molecule has 0 atom stereocenters. The molecule has 0 aliphatic rings. The Balaban J connectivity index is 2.50. The maximum Gasteiger partial charge on any atom is 0.231 e. The van der Waals surface area contributed by atoms with E-state index in [2.05, 4.69) is 5.10 Å². The summed E-state index contributed by atoms with van der Waals surface area (Å²) in [6, 6.07) is 9.32. The molecule has 2 N–H and O–H groups in total. The standard InChI is InChI=1S/C12H12ClN3O2S/c1-9-11(7-8-19(14,17)18)12(13)16(15-9)10-5-3-2-4-6-10/h2-8H,1H3,(H2,14,17,18)/b8-7+. The van der Waals surface area contributed by atoms with E-state index in [-0.39, 0.29) is 0 Å². The van der Waals surface area contributed by atoms with Crippen molar-refractivity contribution < 1.29 is 8.42 Å². The molecule has 5 nitrogen and oxygen atoms in total. The van der Waals surface area contributed by atoms with Gasteiger partial charge >= 0.3 is 0 Å². The van der Waals surface area contributed by atoms with Gasteiger partial charge in [-0.2, -0.15) is 5.10 Å². The summed E-state index contributed by atoms with van der Waals surface area (Å²) in [5.41, 5.74) is 1.94. The molecule has 2 rings (SSSR count). The van der Waals surface area contributed by atoms with Crippen LogP contribution in [0.5, 0.6) is 0 Å². The van der Waals surface area contributed by atoms with E-state index < -0.39 is 10.0 Å². The number of hydrogen-bond donors (Lipinski definition) is 1. The van der Waals surface area contributed by atoms with Gasteiger partial charge in [-0.3, -0.25) is 0 Å². The molecule has 0 amide bonds. The lowest BCUT2D eigenvalue weighted by Gasteiger charge is -2.01. The topological polar surface area (TPSA) is 78.0 Å². The third kappa shape index (κ3) is 3.23. The zero-order chi connectivity index (χ0) is 14.0. The van der Waals surface area contributed by atoms with Crippen LogP contribution in [0.15, 0.2) is 35.7 Å². The maximum absolute atomic E-state index is 10.9. The number of primary sulfonamides is 1. The number of sulfonamides is 1. The van der Waals surface area contributed by atoms with E-state index in [1.54, 1.807) is 11.6 Å². The van der Waals surface area contributed by atoms with E-state index in [0.717, 1.165) is 11.1 Å². The molecule has 19 heavy (non-hydrogen) atoms. The van der Waals surface area contributed by atoms with Gasteiger partial charge in [-0.25, -0.2) is 18.2 Å². The molecule has 0 aliphatic heterocycles. The van der Waals surface area contributed by atoms with Gasteiger partial charge in [0.2, 0.25) is 10.0 Å². The van der Waals surface area contributed by atoms with E-state index in [9.17, 15) is 8.42 Å². The highest BCUT2D eigenvalue weighted by Crippen LogP contribution is 2.24. The molecule has 0 saturated heterocycles. The number of nitrogens with two attached hydrogens (primary N) is 1. The Morgan fingerprint density at radius 1 is 1.32 bits per heavy atom. The van der Waals surface area contributed by atoms with Crippen molar-refractivity contribution in [1.29, 1.82) is 0 Å². The molecule has 2 aromatic rings. The second kappa shape index (κ2) is 5.16. The molecule has 1 aromatic carbocycles. The second-order valence-electron chi connectivity index (χ2n) is 3.93. The molecule has 0 radical (unpaired) electrons. The Morgan fingerprint density at radius 2 is 1.95 bits per heavy atom. The fourth-order valence-electron chi connectivity index (χ4n) is 1.60. The molecule has 0 unspecified atom stereocenters. The number of rotatable bonds is 3. The van der Waals surface area contributed by atoms with Gasteiger partial charge in [-0.05, 0) is 25.1 Å². The van der Waals surface area contributed by atoms with Crippen molar-refractivity contribution >= 4 is 27.7 Å². The molecule has 0 aliphatic carbocycles. The number of para-hydroxylation sites is 1. The summed E-state index contributed by atoms with van der Waals surface area (Å²) in [5, 5.41) is 10.4. The number of aromatic nitrogens is 2. The smallest absolute Gasteiger partial charge is 0.225 e. The van der Waals surface area contributed by atoms with Crippen LogP contribution in [0.2, 0.25) is 5.15 Å². The third-order valence-electron chi connectivity index (χ3n) is 2.47. The predicted octanol–water partition coefficient (Wildman–Crippen LogP) is 2.09. The van der Waals surface area contributed by atoms with E-state index in [1.807, 2.05) is 30.3 Å². The van der Waals surface area contributed by atoms with Crippen LogP contribution < -0.4 is 5.14 Å². The Bertz CT molecular complexity index is 721. The Hall–Kier alpha value is -1.63. The molecule has 0 bridgehead atoms. The lowest BCUT2D eigenvalue weighted by atomic mass is 10.2. The normalized spacial score (nSPS) is 12.2. The van der Waals surface area contributed by atoms with Gasteiger partial charge in [-0.1, -0.05) is 29.8 Å². The molecule has 0 spiro atoms. The van der Waals surface area contributed by atoms with Crippen LogP contribution in [0.25, 0.3) is 11.8 Å². The Kier molecular flexibility index (Phi) is 3.75. The van der Waals surface area contributed by atoms with Crippen molar-refractivity contribution in [1.82, 2.24) is 9.78 Å². The van der Waals surface area contributed by atoms with Crippen LogP contribution in [-0.4, -0.2) is 18.2 Å². The van der Waals surface area contributed by atoms with Gasteiger partial charge in [0.15, 0.2) is 0 Å². The van der Waals surface area contributed by atoms with E-state index in [1.165, 1.54) is 6.08 Å². The number of aryl methyl sites for hydroxylation is 1. The van der Waals surface area contributed by atoms with Crippen LogP contribution in [-0.2, 0) is 10.0 Å². The van der Waals surface area contributed by atoms with Gasteiger partial charge in [0.05, 0.1) is 11.4 Å². The van der Waals surface area contributed by atoms with Crippen LogP contribution in [0.3, 0.4) is 0 Å². The number of hydrogen-bond acceptors (Lipinski definition) is 3. The molecule has 100 valence electrons. The SMILES string of the molecule is Cc1nn(-c2ccccc2)c(Cl)c1/C=C/S(N)(=O)=O. The van der Waals surface area contributed by atoms with Crippen LogP contribution in [0.4, 0.5) is 0 Å². The molecular formula is C12H12ClN3O2S. The Labute approximate surface area is 116 Å². The summed E-state index contributed by atoms with van der Waals surface area (Å²) >= 11 is 6.21. The van der Waals surface area contributed by atoms with E-state index >= 15 is 0 Å². The number of benzene rings is 1. The predicted molar refractivity (Wildman–Crippen MR) is 75.5 cm³/mol. The van der Waals surface area contributed by atoms with Crippen LogP contribution in [0, 0.1) is 6.92 Å². The second-order valence-corrected chi connectivity index (χ2v) is 5.74. The van der Waals surface area contributed by atoms with Crippen molar-refractivity contribution in [3.8, 4) is 5.69 Å². The van der Waals surface area contributed by atoms with Gasteiger partial charge < -0.3 is 0 Å². The first-order chi connectivity index (χ1) is 8.88. The minimum atomic E-state index is -3.69. The average molecular weight is 298 g/mol. The quantitative estimate of drug-likeness (QED) is 0.942. The summed E-state index contributed by atoms with van der Waals surface area (Å²) in [5.74, 6) is 0. The summed E-state index contributed by atoms with van der Waals surface area (Å²) in [6.07, 6.45) is 1.35. The number of nitrogens with zero attached hydrogens (tertiary/aromatic N) is 2. The van der Waals surface area contributed by atoms with Gasteiger partial charge in [0.1, 0.15) is 5.15 Å². The Morgan fingerprint density at radius 3 is 2.53 bits per heavy atom. The monoisotopic (exact) mass is 297 g/mol. The van der Waals surface area contributed by atoms with Crippen molar-refractivity contribution in [3.63, 3.8) is 0 Å². The van der Waals surface area contributed by atoms with Gasteiger partial charge in [0.25, 0.3) is 0 Å². The summed E-state index contributed by atoms with van der Waals surface area (Å²) in [7, 11) is -3.69. The van der Waals surface area contributed by atoms with Crippen LogP contribution in [0.1, 0.15) is 11.3 Å². The number of halogens is 1. The molecule has 0 fully saturated rings. The third-order valence-corrected chi connectivity index (χ3v) is 3.35. The van der Waals surface area contributed by atoms with E-state index in [4.69, 9.17) is 16.7 Å². The van der Waals surface area contributed by atoms with Gasteiger partial charge in [0, 0.05) is 11.0 Å². The van der Waals surface area contributed by atoms with Crippen molar-refractivity contribution in [3.05, 3.63) is 52.2 Å². The van der Waals surface area contributed by atoms with Crippen LogP contribution >= 0.6 is 11.6 Å². The highest BCUT2D eigenvalue weighted by molar-refractivity contribution is 7.92. The first-order valence-corrected chi connectivity index (χ1v) is 7.38. The first-order valence-electron chi connectivity index (χ1n) is 5.40. The maximum atomic E-state index is 10.9. The highest BCUT2D eigenvalue weighted by Gasteiger charge is 2.12. The lowest BCUT2D eigenvalue weighted by molar-refractivity contribution is 0.606. The zero-order valence-electron chi connectivity index (χ0n) is 10.1. The largest absolute Gasteiger partial charge is 0.231 e. The fourth-order valence-corrected chi connectivity index (χ4v) is 2.26. The molecule has 7 heteroatoms. The van der Waals surface area contributed by atoms with Gasteiger partial charge in [-0.15, -0.1) is 0 Å². The minimum absolute atomic E-state index is 0.337. The summed E-state index contributed by atoms with van der Waals surface area (Å²) in [6.45, 7) is 1.74. The molecular weight excluding hydrogens is 286 g/mol. The fraction of sp³-hybridized carbons (Fsp3) is 0.0833. The lowest BCUT2D eigenvalue weighted by Crippen LogP contribution is -2.06. The summed E-state index contributed by atoms with van der Waals surface area (Å²) in [4.78, 5) is 0. The van der Waals surface area contributed by atoms with Crippen molar-refractivity contribution in [2.75, 3.05) is 0 Å². The van der Waals surface area contributed by atoms with E-state index in [0.29, 0.717) is 16.4 Å². The molecule has 1 heterocycles.